The molecule has 0 bridgehead atoms. The van der Waals surface area contributed by atoms with Crippen molar-refractivity contribution in [2.75, 3.05) is 149 Å². The van der Waals surface area contributed by atoms with Gasteiger partial charge in [-0.2, -0.15) is 4.98 Å². The molecule has 1 N–H and O–H groups in total. The third-order valence-corrected chi connectivity index (χ3v) is 26.3. The fourth-order valence-corrected chi connectivity index (χ4v) is 19.4. The monoisotopic (exact) mass is 1350 g/mol. The molecule has 24 nitrogen and oxygen atoms in total. The van der Waals surface area contributed by atoms with Crippen molar-refractivity contribution in [3.05, 3.63) is 125 Å². The number of anilines is 1. The maximum Gasteiger partial charge on any atom is 0.374 e. The van der Waals surface area contributed by atoms with Gasteiger partial charge in [0.2, 0.25) is 11.8 Å². The molecular weight excluding hydrogens is 1260 g/mol. The Kier molecular flexibility index (Phi) is 18.9. The van der Waals surface area contributed by atoms with Crippen molar-refractivity contribution < 1.29 is 45.5 Å². The SMILES string of the molecule is CN(C)C1(c2ccccc2)CC2(CN(CC(=O)N3CCS(=O)(=O)CC3)C(=O)N2CC2CCC2)C1.CN(C)C1(c2ccccc2)CC2(CN(CC(=O)N3CCS(=O)(=O)CC3)C(=O)N2CC2CCC2)C1.[C-]#[N+]c1ncc(N2CC3(CC(c4ccccc4)(N(C)C)C3)NC2=O)c(OC)n1. The number of sulfone groups is 2. The van der Waals surface area contributed by atoms with Crippen LogP contribution in [-0.2, 0) is 45.9 Å². The van der Waals surface area contributed by atoms with Crippen LogP contribution < -0.4 is 15.0 Å². The second kappa shape index (κ2) is 26.4. The Labute approximate surface area is 565 Å². The number of ether oxygens (including phenoxy) is 1. The van der Waals surface area contributed by atoms with E-state index in [0.29, 0.717) is 37.2 Å². The van der Waals surface area contributed by atoms with Gasteiger partial charge in [0.1, 0.15) is 19.3 Å². The van der Waals surface area contributed by atoms with Crippen LogP contribution in [0, 0.1) is 18.4 Å². The average Bonchev–Trinajstić information content (AvgIpc) is 1.45. The zero-order valence-corrected chi connectivity index (χ0v) is 58.3. The molecule has 96 heavy (non-hydrogen) atoms. The topological polar surface area (TPSA) is 237 Å². The highest BCUT2D eigenvalue weighted by atomic mass is 32.2. The van der Waals surface area contributed by atoms with Gasteiger partial charge >= 0.3 is 29.9 Å². The van der Waals surface area contributed by atoms with Crippen LogP contribution in [0.4, 0.5) is 26.0 Å². The highest BCUT2D eigenvalue weighted by Crippen LogP contribution is 2.59. The summed E-state index contributed by atoms with van der Waals surface area (Å²) in [5.41, 5.74) is 3.06. The first kappa shape index (κ1) is 68.5. The fraction of sp³-hybridized carbons (Fsp3) is 0.600. The molecule has 14 rings (SSSR count). The highest BCUT2D eigenvalue weighted by Gasteiger charge is 2.67. The average molecular weight is 1360 g/mol. The Hall–Kier alpha value is -7.44. The van der Waals surface area contributed by atoms with E-state index in [2.05, 4.69) is 148 Å². The van der Waals surface area contributed by atoms with Gasteiger partial charge < -0.3 is 44.3 Å². The van der Waals surface area contributed by atoms with Crippen LogP contribution in [0.2, 0.25) is 0 Å². The highest BCUT2D eigenvalue weighted by molar-refractivity contribution is 7.91. The van der Waals surface area contributed by atoms with Gasteiger partial charge in [0.25, 0.3) is 0 Å². The van der Waals surface area contributed by atoms with Crippen LogP contribution in [0.5, 0.6) is 5.88 Å². The summed E-state index contributed by atoms with van der Waals surface area (Å²) in [6, 6.07) is 31.2. The van der Waals surface area contributed by atoms with E-state index < -0.39 is 19.7 Å². The minimum Gasteiger partial charge on any atom is -0.468 e. The molecule has 5 aliphatic heterocycles. The number of amides is 8. The number of rotatable bonds is 16. The summed E-state index contributed by atoms with van der Waals surface area (Å²) >= 11 is 0. The maximum atomic E-state index is 13.6. The van der Waals surface area contributed by atoms with Crippen molar-refractivity contribution in [3.8, 4) is 5.88 Å². The molecule has 5 saturated carbocycles. The number of hydrogen-bond donors (Lipinski definition) is 1. The van der Waals surface area contributed by atoms with Crippen LogP contribution in [0.3, 0.4) is 0 Å². The maximum absolute atomic E-state index is 13.6. The van der Waals surface area contributed by atoms with Crippen molar-refractivity contribution in [2.45, 2.75) is 110 Å². The molecule has 3 spiro atoms. The molecule has 516 valence electrons. The quantitative estimate of drug-likeness (QED) is 0.125. The van der Waals surface area contributed by atoms with Gasteiger partial charge in [-0.25, -0.2) is 31.2 Å². The zero-order chi connectivity index (χ0) is 68.2. The summed E-state index contributed by atoms with van der Waals surface area (Å²) in [5.74, 6) is 1.06. The summed E-state index contributed by atoms with van der Waals surface area (Å²) in [7, 11) is 7.96. The molecule has 5 aliphatic carbocycles. The summed E-state index contributed by atoms with van der Waals surface area (Å²) in [4.78, 5) is 96.4. The standard InChI is InChI=1S/2C25H36N4O4S.C20H22N6O2/c2*1-26(2)25(21-9-4-3-5-10-21)17-24(18-25)19-28(23(31)29(24)15-20-7-6-8-20)16-22(30)27-11-13-34(32,33)14-12-27;1-21-17-22-10-15(16(23-17)28-4)26-13-19(24-18(26)27)11-20(12-19,25(2)3)14-8-6-5-7-9-14/h2*3-5,9-10,20H,6-8,11-19H2,1-2H3;5-10H,11-13H2,2-4H3,(H,24,27). The van der Waals surface area contributed by atoms with Crippen LogP contribution >= 0.6 is 0 Å². The van der Waals surface area contributed by atoms with Gasteiger partial charge in [0.15, 0.2) is 25.4 Å². The van der Waals surface area contributed by atoms with E-state index in [1.165, 1.54) is 68.5 Å². The minimum atomic E-state index is -3.05. The molecule has 0 atom stereocenters. The second-order valence-corrected chi connectivity index (χ2v) is 34.1. The third kappa shape index (κ3) is 12.9. The molecule has 10 fully saturated rings. The number of benzene rings is 3. The third-order valence-electron chi connectivity index (χ3n) is 23.1. The van der Waals surface area contributed by atoms with Gasteiger partial charge in [-0.15, -0.1) is 11.6 Å². The fourth-order valence-electron chi connectivity index (χ4n) is 17.0. The summed E-state index contributed by atoms with van der Waals surface area (Å²) < 4.78 is 52.3. The first-order valence-corrected chi connectivity index (χ1v) is 37.5. The number of aromatic nitrogens is 2. The largest absolute Gasteiger partial charge is 0.468 e. The Bertz CT molecular complexity index is 3630. The lowest BCUT2D eigenvalue weighted by atomic mass is 9.58. The van der Waals surface area contributed by atoms with E-state index >= 15 is 0 Å². The Morgan fingerprint density at radius 1 is 0.583 bits per heavy atom. The minimum absolute atomic E-state index is 0.00531. The van der Waals surface area contributed by atoms with Gasteiger partial charge in [-0.3, -0.25) is 29.2 Å². The molecule has 5 saturated heterocycles. The molecule has 10 aliphatic rings. The van der Waals surface area contributed by atoms with Gasteiger partial charge in [-0.1, -0.05) is 104 Å². The molecule has 0 radical (unpaired) electrons. The number of methoxy groups -OCH3 is 1. The van der Waals surface area contributed by atoms with E-state index in [4.69, 9.17) is 11.3 Å². The van der Waals surface area contributed by atoms with E-state index in [-0.39, 0.29) is 137 Å². The second-order valence-electron chi connectivity index (χ2n) is 29.5. The zero-order valence-electron chi connectivity index (χ0n) is 56.7. The Morgan fingerprint density at radius 3 is 1.29 bits per heavy atom. The first-order valence-electron chi connectivity index (χ1n) is 33.9. The van der Waals surface area contributed by atoms with Crippen LogP contribution in [0.25, 0.3) is 4.85 Å². The van der Waals surface area contributed by atoms with Crippen molar-refractivity contribution in [1.29, 1.82) is 0 Å². The first-order chi connectivity index (χ1) is 45.7. The summed E-state index contributed by atoms with van der Waals surface area (Å²) in [6.07, 6.45) is 13.6. The predicted molar refractivity (Wildman–Crippen MR) is 365 cm³/mol. The molecular formula is C70H94N14O10S2. The van der Waals surface area contributed by atoms with Crippen molar-refractivity contribution in [3.63, 3.8) is 0 Å². The molecule has 1 aromatic heterocycles. The van der Waals surface area contributed by atoms with Crippen molar-refractivity contribution in [1.82, 2.24) is 59.4 Å². The smallest absolute Gasteiger partial charge is 0.374 e. The molecule has 3 aromatic carbocycles. The van der Waals surface area contributed by atoms with E-state index in [1.807, 2.05) is 30.3 Å². The lowest BCUT2D eigenvalue weighted by molar-refractivity contribution is -0.132. The molecule has 0 unspecified atom stereocenters. The van der Waals surface area contributed by atoms with Gasteiger partial charge in [0, 0.05) is 52.4 Å². The molecule has 4 aromatic rings. The van der Waals surface area contributed by atoms with Crippen molar-refractivity contribution in [2.24, 2.45) is 11.8 Å². The Morgan fingerprint density at radius 2 is 0.958 bits per heavy atom. The molecule has 26 heteroatoms. The number of nitrogens with one attached hydrogen (secondary N) is 1. The van der Waals surface area contributed by atoms with Crippen LogP contribution in [0.15, 0.2) is 97.2 Å². The number of nitrogens with zero attached hydrogens (tertiary/aromatic N) is 13. The Balaban J connectivity index is 0.000000138. The van der Waals surface area contributed by atoms with Gasteiger partial charge in [0.05, 0.1) is 69.9 Å². The van der Waals surface area contributed by atoms with Crippen molar-refractivity contribution >= 4 is 61.2 Å². The summed E-state index contributed by atoms with van der Waals surface area (Å²) in [5, 5.41) is 3.16. The number of hydrogen-bond acceptors (Lipinski definition) is 15. The molecule has 8 amide bonds. The summed E-state index contributed by atoms with van der Waals surface area (Å²) in [6.45, 7) is 11.1. The van der Waals surface area contributed by atoms with Gasteiger partial charge in [-0.05, 0) is 135 Å². The van der Waals surface area contributed by atoms with Crippen LogP contribution in [-0.4, -0.2) is 262 Å². The number of carbonyl (C=O) groups excluding carboxylic acids is 5. The normalized spacial score (nSPS) is 29.7. The lowest BCUT2D eigenvalue weighted by Gasteiger charge is -2.61. The number of carbonyl (C=O) groups is 5. The van der Waals surface area contributed by atoms with E-state index in [9.17, 15) is 40.8 Å². The lowest BCUT2D eigenvalue weighted by Crippen LogP contribution is -2.68. The van der Waals surface area contributed by atoms with E-state index in [1.54, 1.807) is 24.5 Å². The predicted octanol–water partition coefficient (Wildman–Crippen LogP) is 6.10. The van der Waals surface area contributed by atoms with E-state index in [0.717, 1.165) is 51.6 Å². The molecule has 6 heterocycles. The number of urea groups is 3. The van der Waals surface area contributed by atoms with Crippen LogP contribution in [0.1, 0.15) is 93.7 Å².